The highest BCUT2D eigenvalue weighted by molar-refractivity contribution is 7.94. The fourth-order valence-electron chi connectivity index (χ4n) is 0.285. The molecule has 1 radical (unpaired) electrons. The molecule has 0 saturated carbocycles. The summed E-state index contributed by atoms with van der Waals surface area (Å²) in [5, 5.41) is 0.957. The first-order chi connectivity index (χ1) is 3.62. The Bertz CT molecular complexity index is 155. The maximum absolute atomic E-state index is 10.4. The van der Waals surface area contributed by atoms with Crippen LogP contribution >= 0.6 is 0 Å². The Morgan fingerprint density at radius 3 is 2.12 bits per heavy atom. The highest BCUT2D eigenvalue weighted by atomic mass is 32.2. The number of hydrogen-bond donors (Lipinski definition) is 0. The molecule has 0 aliphatic carbocycles. The lowest BCUT2D eigenvalue weighted by Crippen LogP contribution is -1.98. The molecule has 0 heterocycles. The zero-order chi connectivity index (χ0) is 6.62. The molecule has 0 aromatic rings. The third-order valence-electron chi connectivity index (χ3n) is 0.683. The summed E-state index contributed by atoms with van der Waals surface area (Å²) in [6.45, 7) is 6.53. The van der Waals surface area contributed by atoms with Gasteiger partial charge in [-0.05, 0) is 6.42 Å². The molecule has 2 nitrogen and oxygen atoms in total. The monoisotopic (exact) mass is 133 g/mol. The molecule has 8 heavy (non-hydrogen) atoms. The van der Waals surface area contributed by atoms with Gasteiger partial charge in [-0.2, -0.15) is 0 Å². The van der Waals surface area contributed by atoms with E-state index in [0.717, 1.165) is 5.41 Å². The van der Waals surface area contributed by atoms with E-state index in [1.54, 1.807) is 0 Å². The van der Waals surface area contributed by atoms with Crippen LogP contribution in [0.3, 0.4) is 0 Å². The zero-order valence-corrected chi connectivity index (χ0v) is 5.45. The van der Waals surface area contributed by atoms with E-state index < -0.39 is 9.84 Å². The summed E-state index contributed by atoms with van der Waals surface area (Å²) in [4.78, 5) is 0. The molecular weight excluding hydrogens is 124 g/mol. The van der Waals surface area contributed by atoms with E-state index in [9.17, 15) is 8.42 Å². The largest absolute Gasteiger partial charge is 0.224 e. The maximum atomic E-state index is 10.4. The summed E-state index contributed by atoms with van der Waals surface area (Å²) in [6.07, 6.45) is 0.411. The van der Waals surface area contributed by atoms with Crippen LogP contribution in [0.2, 0.25) is 0 Å². The molecule has 0 spiro atoms. The molecule has 0 unspecified atom stereocenters. The normalized spacial score (nSPS) is 11.1. The molecular formula is C5H9O2S. The molecule has 0 atom stereocenters. The Hall–Kier alpha value is -0.310. The van der Waals surface area contributed by atoms with Gasteiger partial charge in [-0.15, -0.1) is 0 Å². The molecule has 0 aliphatic rings. The summed E-state index contributed by atoms with van der Waals surface area (Å²) in [5.41, 5.74) is 0. The van der Waals surface area contributed by atoms with Gasteiger partial charge in [0.05, 0.1) is 5.75 Å². The van der Waals surface area contributed by atoms with Crippen LogP contribution in [0.1, 0.15) is 6.42 Å². The van der Waals surface area contributed by atoms with E-state index in [1.807, 2.05) is 0 Å². The average Bonchev–Trinajstić information content (AvgIpc) is 1.67. The Morgan fingerprint density at radius 2 is 2.00 bits per heavy atom. The van der Waals surface area contributed by atoms with Gasteiger partial charge in [-0.3, -0.25) is 0 Å². The molecule has 0 aliphatic heterocycles. The predicted molar refractivity (Wildman–Crippen MR) is 34.0 cm³/mol. The molecule has 0 amide bonds. The molecule has 47 valence electrons. The smallest absolute Gasteiger partial charge is 0.171 e. The van der Waals surface area contributed by atoms with Crippen LogP contribution in [0.25, 0.3) is 0 Å². The number of sulfone groups is 1. The third-order valence-corrected chi connectivity index (χ3v) is 2.05. The second-order valence-electron chi connectivity index (χ2n) is 1.39. The summed E-state index contributed by atoms with van der Waals surface area (Å²) in [5.74, 6) is 0.108. The van der Waals surface area contributed by atoms with Gasteiger partial charge in [0.15, 0.2) is 9.84 Å². The van der Waals surface area contributed by atoms with Gasteiger partial charge in [0.1, 0.15) is 0 Å². The summed E-state index contributed by atoms with van der Waals surface area (Å²) in [7, 11) is -2.97. The molecule has 0 aromatic heterocycles. The molecule has 0 bridgehead atoms. The van der Waals surface area contributed by atoms with Gasteiger partial charge in [0.2, 0.25) is 0 Å². The molecule has 0 fully saturated rings. The van der Waals surface area contributed by atoms with Crippen molar-refractivity contribution in [2.75, 3.05) is 5.75 Å². The van der Waals surface area contributed by atoms with Crippen molar-refractivity contribution in [3.63, 3.8) is 0 Å². The predicted octanol–water partition coefficient (Wildman–Crippen LogP) is 0.769. The third kappa shape index (κ3) is 2.80. The Balaban J connectivity index is 3.95. The summed E-state index contributed by atoms with van der Waals surface area (Å²) >= 11 is 0. The first-order valence-electron chi connectivity index (χ1n) is 2.27. The van der Waals surface area contributed by atoms with Crippen LogP contribution in [0.4, 0.5) is 0 Å². The van der Waals surface area contributed by atoms with Crippen molar-refractivity contribution < 1.29 is 8.42 Å². The van der Waals surface area contributed by atoms with Gasteiger partial charge in [0, 0.05) is 5.41 Å². The minimum Gasteiger partial charge on any atom is -0.224 e. The van der Waals surface area contributed by atoms with Crippen LogP contribution in [0.5, 0.6) is 0 Å². The van der Waals surface area contributed by atoms with Gasteiger partial charge in [-0.25, -0.2) is 8.42 Å². The molecule has 3 heteroatoms. The molecule has 0 aromatic carbocycles. The van der Waals surface area contributed by atoms with Crippen LogP contribution in [0.15, 0.2) is 12.0 Å². The first kappa shape index (κ1) is 7.69. The van der Waals surface area contributed by atoms with Crippen molar-refractivity contribution >= 4 is 9.84 Å². The SMILES string of the molecule is [CH2]CCS(=O)(=O)C=C. The lowest BCUT2D eigenvalue weighted by Gasteiger charge is -1.89. The minimum atomic E-state index is -2.97. The van der Waals surface area contributed by atoms with E-state index in [2.05, 4.69) is 13.5 Å². The van der Waals surface area contributed by atoms with Crippen LogP contribution in [-0.4, -0.2) is 14.2 Å². The highest BCUT2D eigenvalue weighted by Gasteiger charge is 1.99. The van der Waals surface area contributed by atoms with Crippen molar-refractivity contribution in [2.24, 2.45) is 0 Å². The van der Waals surface area contributed by atoms with Crippen LogP contribution in [0, 0.1) is 6.92 Å². The first-order valence-corrected chi connectivity index (χ1v) is 3.98. The Morgan fingerprint density at radius 1 is 1.50 bits per heavy atom. The molecule has 0 N–H and O–H groups in total. The summed E-state index contributed by atoms with van der Waals surface area (Å²) < 4.78 is 20.9. The van der Waals surface area contributed by atoms with Crippen LogP contribution < -0.4 is 0 Å². The number of hydrogen-bond acceptors (Lipinski definition) is 2. The lowest BCUT2D eigenvalue weighted by atomic mass is 10.6. The Kier molecular flexibility index (Phi) is 2.76. The van der Waals surface area contributed by atoms with Gasteiger partial charge < -0.3 is 0 Å². The van der Waals surface area contributed by atoms with Crippen LogP contribution in [-0.2, 0) is 9.84 Å². The fraction of sp³-hybridized carbons (Fsp3) is 0.400. The molecule has 0 rings (SSSR count). The second-order valence-corrected chi connectivity index (χ2v) is 3.45. The zero-order valence-electron chi connectivity index (χ0n) is 4.63. The van der Waals surface area contributed by atoms with Crippen molar-refractivity contribution in [1.29, 1.82) is 0 Å². The average molecular weight is 133 g/mol. The lowest BCUT2D eigenvalue weighted by molar-refractivity contribution is 0.604. The second kappa shape index (κ2) is 2.87. The maximum Gasteiger partial charge on any atom is 0.171 e. The number of rotatable bonds is 3. The van der Waals surface area contributed by atoms with E-state index in [0.29, 0.717) is 6.42 Å². The van der Waals surface area contributed by atoms with E-state index in [4.69, 9.17) is 0 Å². The van der Waals surface area contributed by atoms with E-state index in [1.165, 1.54) is 0 Å². The van der Waals surface area contributed by atoms with E-state index >= 15 is 0 Å². The van der Waals surface area contributed by atoms with Crippen molar-refractivity contribution in [3.05, 3.63) is 18.9 Å². The summed E-state index contributed by atoms with van der Waals surface area (Å²) in [6, 6.07) is 0. The standard InChI is InChI=1S/C5H9O2S/c1-3-5-8(6,7)4-2/h4H,1-3,5H2. The van der Waals surface area contributed by atoms with Gasteiger partial charge >= 0.3 is 0 Å². The van der Waals surface area contributed by atoms with Crippen molar-refractivity contribution in [3.8, 4) is 0 Å². The van der Waals surface area contributed by atoms with Crippen molar-refractivity contribution in [2.45, 2.75) is 6.42 Å². The Labute approximate surface area is 50.1 Å². The fourth-order valence-corrected chi connectivity index (χ4v) is 0.854. The topological polar surface area (TPSA) is 34.1 Å². The van der Waals surface area contributed by atoms with Crippen molar-refractivity contribution in [1.82, 2.24) is 0 Å². The van der Waals surface area contributed by atoms with E-state index in [-0.39, 0.29) is 5.75 Å². The van der Waals surface area contributed by atoms with Gasteiger partial charge in [0.25, 0.3) is 0 Å². The molecule has 0 saturated heterocycles. The minimum absolute atomic E-state index is 0.108. The quantitative estimate of drug-likeness (QED) is 0.570. The van der Waals surface area contributed by atoms with Gasteiger partial charge in [-0.1, -0.05) is 13.5 Å². The highest BCUT2D eigenvalue weighted by Crippen LogP contribution is 1.91.